The van der Waals surface area contributed by atoms with E-state index in [1.807, 2.05) is 37.3 Å². The Morgan fingerprint density at radius 2 is 1.76 bits per heavy atom. The average molecular weight is 332 g/mol. The van der Waals surface area contributed by atoms with E-state index in [2.05, 4.69) is 30.3 Å². The number of ether oxygens (including phenoxy) is 1. The van der Waals surface area contributed by atoms with Gasteiger partial charge in [0.1, 0.15) is 5.75 Å². The fourth-order valence-corrected chi connectivity index (χ4v) is 3.33. The molecule has 2 nitrogen and oxygen atoms in total. The number of carbonyl (C=O) groups is 1. The molecule has 0 bridgehead atoms. The van der Waals surface area contributed by atoms with Gasteiger partial charge in [0.2, 0.25) is 0 Å². The molecular weight excluding hydrogens is 308 g/mol. The predicted octanol–water partition coefficient (Wildman–Crippen LogP) is 5.62. The topological polar surface area (TPSA) is 26.3 Å². The number of rotatable bonds is 7. The Balaban J connectivity index is 1.92. The normalized spacial score (nSPS) is 10.8. The van der Waals surface area contributed by atoms with E-state index < -0.39 is 0 Å². The van der Waals surface area contributed by atoms with Gasteiger partial charge in [0.15, 0.2) is 5.78 Å². The van der Waals surface area contributed by atoms with Gasteiger partial charge in [-0.2, -0.15) is 0 Å². The highest BCUT2D eigenvalue weighted by Gasteiger charge is 2.13. The zero-order valence-electron chi connectivity index (χ0n) is 14.9. The van der Waals surface area contributed by atoms with Gasteiger partial charge in [0, 0.05) is 12.0 Å². The molecule has 0 unspecified atom stereocenters. The standard InChI is InChI=1S/C23H24O2/c1-3-23(24)22-14-12-18-16-19(25-2)13-15-20(18)21(22)11-7-10-17-8-5-4-6-9-17/h4-6,8-9,12-16H,3,7,10-11H2,1-2H3. The van der Waals surface area contributed by atoms with Crippen LogP contribution in [0.25, 0.3) is 10.8 Å². The highest BCUT2D eigenvalue weighted by atomic mass is 16.5. The lowest BCUT2D eigenvalue weighted by Crippen LogP contribution is -2.04. The van der Waals surface area contributed by atoms with Crippen LogP contribution in [0.1, 0.15) is 41.3 Å². The van der Waals surface area contributed by atoms with E-state index >= 15 is 0 Å². The van der Waals surface area contributed by atoms with E-state index in [1.165, 1.54) is 11.1 Å². The molecule has 0 saturated heterocycles. The average Bonchev–Trinajstić information content (AvgIpc) is 2.67. The highest BCUT2D eigenvalue weighted by molar-refractivity contribution is 6.02. The minimum absolute atomic E-state index is 0.215. The Morgan fingerprint density at radius 1 is 0.960 bits per heavy atom. The first-order chi connectivity index (χ1) is 12.2. The van der Waals surface area contributed by atoms with Crippen molar-refractivity contribution in [2.45, 2.75) is 32.6 Å². The Labute approximate surface area is 149 Å². The first-order valence-electron chi connectivity index (χ1n) is 8.89. The minimum Gasteiger partial charge on any atom is -0.497 e. The zero-order chi connectivity index (χ0) is 17.6. The number of ketones is 1. The van der Waals surface area contributed by atoms with Crippen LogP contribution in [0.3, 0.4) is 0 Å². The molecule has 0 aliphatic rings. The molecule has 0 saturated carbocycles. The van der Waals surface area contributed by atoms with Gasteiger partial charge in [-0.25, -0.2) is 0 Å². The summed E-state index contributed by atoms with van der Waals surface area (Å²) in [5.41, 5.74) is 3.38. The molecule has 0 fully saturated rings. The smallest absolute Gasteiger partial charge is 0.162 e. The molecular formula is C23H24O2. The number of fused-ring (bicyclic) bond motifs is 1. The Kier molecular flexibility index (Phi) is 5.49. The molecule has 0 aliphatic carbocycles. The SMILES string of the molecule is CCC(=O)c1ccc2cc(OC)ccc2c1CCCc1ccccc1. The summed E-state index contributed by atoms with van der Waals surface area (Å²) in [5.74, 6) is 1.06. The third-order valence-corrected chi connectivity index (χ3v) is 4.70. The first-order valence-corrected chi connectivity index (χ1v) is 8.89. The van der Waals surface area contributed by atoms with Crippen LogP contribution in [0.5, 0.6) is 5.75 Å². The lowest BCUT2D eigenvalue weighted by atomic mass is 9.91. The summed E-state index contributed by atoms with van der Waals surface area (Å²) >= 11 is 0. The van der Waals surface area contributed by atoms with Crippen LogP contribution >= 0.6 is 0 Å². The van der Waals surface area contributed by atoms with Crippen molar-refractivity contribution in [3.8, 4) is 5.75 Å². The molecule has 25 heavy (non-hydrogen) atoms. The summed E-state index contributed by atoms with van der Waals surface area (Å²) in [5, 5.41) is 2.29. The lowest BCUT2D eigenvalue weighted by molar-refractivity contribution is 0.0987. The van der Waals surface area contributed by atoms with Crippen molar-refractivity contribution in [3.63, 3.8) is 0 Å². The first kappa shape index (κ1) is 17.2. The Bertz CT molecular complexity index is 866. The van der Waals surface area contributed by atoms with E-state index in [0.717, 1.165) is 41.3 Å². The summed E-state index contributed by atoms with van der Waals surface area (Å²) < 4.78 is 5.33. The molecule has 0 amide bonds. The second-order valence-corrected chi connectivity index (χ2v) is 6.29. The lowest BCUT2D eigenvalue weighted by Gasteiger charge is -2.13. The molecule has 3 rings (SSSR count). The van der Waals surface area contributed by atoms with E-state index in [4.69, 9.17) is 4.74 Å². The fraction of sp³-hybridized carbons (Fsp3) is 0.261. The van der Waals surface area contributed by atoms with Crippen LogP contribution in [0.15, 0.2) is 60.7 Å². The molecule has 128 valence electrons. The number of hydrogen-bond donors (Lipinski definition) is 0. The van der Waals surface area contributed by atoms with Crippen molar-refractivity contribution in [1.82, 2.24) is 0 Å². The van der Waals surface area contributed by atoms with Gasteiger partial charge in [0.25, 0.3) is 0 Å². The monoisotopic (exact) mass is 332 g/mol. The number of Topliss-reactive ketones (excluding diaryl/α,β-unsaturated/α-hetero) is 1. The van der Waals surface area contributed by atoms with E-state index in [1.54, 1.807) is 7.11 Å². The maximum atomic E-state index is 12.4. The molecule has 0 heterocycles. The molecule has 3 aromatic carbocycles. The summed E-state index contributed by atoms with van der Waals surface area (Å²) in [6, 6.07) is 20.6. The second kappa shape index (κ2) is 7.98. The molecule has 0 aromatic heterocycles. The molecule has 0 radical (unpaired) electrons. The third kappa shape index (κ3) is 3.90. The molecule has 0 N–H and O–H groups in total. The predicted molar refractivity (Wildman–Crippen MR) is 104 cm³/mol. The van der Waals surface area contributed by atoms with Crippen molar-refractivity contribution < 1.29 is 9.53 Å². The van der Waals surface area contributed by atoms with Crippen molar-refractivity contribution >= 4 is 16.6 Å². The van der Waals surface area contributed by atoms with Crippen LogP contribution in [0.4, 0.5) is 0 Å². The maximum Gasteiger partial charge on any atom is 0.162 e. The molecule has 3 aromatic rings. The van der Waals surface area contributed by atoms with Crippen molar-refractivity contribution in [1.29, 1.82) is 0 Å². The molecule has 2 heteroatoms. The van der Waals surface area contributed by atoms with Crippen LogP contribution in [-0.2, 0) is 12.8 Å². The van der Waals surface area contributed by atoms with Gasteiger partial charge in [-0.1, -0.05) is 55.5 Å². The number of hydrogen-bond acceptors (Lipinski definition) is 2. The Hall–Kier alpha value is -2.61. The Morgan fingerprint density at radius 3 is 2.48 bits per heavy atom. The zero-order valence-corrected chi connectivity index (χ0v) is 14.9. The summed E-state index contributed by atoms with van der Waals surface area (Å²) in [7, 11) is 1.68. The number of methoxy groups -OCH3 is 1. The van der Waals surface area contributed by atoms with Crippen molar-refractivity contribution in [3.05, 3.63) is 77.4 Å². The van der Waals surface area contributed by atoms with E-state index in [-0.39, 0.29) is 5.78 Å². The molecule has 0 aliphatic heterocycles. The molecule has 0 spiro atoms. The van der Waals surface area contributed by atoms with Gasteiger partial charge in [0.05, 0.1) is 7.11 Å². The number of aryl methyl sites for hydroxylation is 2. The number of carbonyl (C=O) groups excluding carboxylic acids is 1. The summed E-state index contributed by atoms with van der Waals surface area (Å²) in [6.45, 7) is 1.92. The summed E-state index contributed by atoms with van der Waals surface area (Å²) in [4.78, 5) is 12.4. The van der Waals surface area contributed by atoms with Gasteiger partial charge in [-0.3, -0.25) is 4.79 Å². The summed E-state index contributed by atoms with van der Waals surface area (Å²) in [6.07, 6.45) is 3.49. The molecule has 0 atom stereocenters. The van der Waals surface area contributed by atoms with Crippen LogP contribution in [0.2, 0.25) is 0 Å². The minimum atomic E-state index is 0.215. The fourth-order valence-electron chi connectivity index (χ4n) is 3.33. The van der Waals surface area contributed by atoms with Crippen LogP contribution in [-0.4, -0.2) is 12.9 Å². The van der Waals surface area contributed by atoms with Crippen LogP contribution in [0, 0.1) is 0 Å². The largest absolute Gasteiger partial charge is 0.497 e. The van der Waals surface area contributed by atoms with Crippen molar-refractivity contribution in [2.24, 2.45) is 0 Å². The van der Waals surface area contributed by atoms with Gasteiger partial charge < -0.3 is 4.74 Å². The van der Waals surface area contributed by atoms with E-state index in [0.29, 0.717) is 6.42 Å². The van der Waals surface area contributed by atoms with Gasteiger partial charge in [-0.15, -0.1) is 0 Å². The van der Waals surface area contributed by atoms with Gasteiger partial charge in [-0.05, 0) is 53.3 Å². The van der Waals surface area contributed by atoms with Gasteiger partial charge >= 0.3 is 0 Å². The van der Waals surface area contributed by atoms with Crippen LogP contribution < -0.4 is 4.74 Å². The second-order valence-electron chi connectivity index (χ2n) is 6.29. The maximum absolute atomic E-state index is 12.4. The quantitative estimate of drug-likeness (QED) is 0.525. The van der Waals surface area contributed by atoms with E-state index in [9.17, 15) is 4.79 Å². The van der Waals surface area contributed by atoms with Crippen molar-refractivity contribution in [2.75, 3.05) is 7.11 Å². The number of benzene rings is 3. The highest BCUT2D eigenvalue weighted by Crippen LogP contribution is 2.28. The third-order valence-electron chi connectivity index (χ3n) is 4.70.